The summed E-state index contributed by atoms with van der Waals surface area (Å²) >= 11 is 6.38. The molecule has 2 fully saturated rings. The second-order valence-electron chi connectivity index (χ2n) is 10.7. The number of hydrogen-bond acceptors (Lipinski definition) is 3. The van der Waals surface area contributed by atoms with Crippen LogP contribution in [0.5, 0.6) is 0 Å². The van der Waals surface area contributed by atoms with Gasteiger partial charge in [-0.15, -0.1) is 0 Å². The zero-order chi connectivity index (χ0) is 25.7. The van der Waals surface area contributed by atoms with Crippen LogP contribution in [0.1, 0.15) is 54.6 Å². The van der Waals surface area contributed by atoms with Gasteiger partial charge in [-0.05, 0) is 66.8 Å². The smallest absolute Gasteiger partial charge is 0.306 e. The molecular weight excluding hydrogens is 486 g/mol. The highest BCUT2D eigenvalue weighted by atomic mass is 35.5. The third kappa shape index (κ3) is 4.29. The van der Waals surface area contributed by atoms with E-state index in [1.165, 1.54) is 0 Å². The first-order valence-corrected chi connectivity index (χ1v) is 13.1. The van der Waals surface area contributed by atoms with E-state index >= 15 is 0 Å². The summed E-state index contributed by atoms with van der Waals surface area (Å²) < 4.78 is 1.89. The Balaban J connectivity index is 1.23. The van der Waals surface area contributed by atoms with E-state index in [1.807, 2.05) is 28.9 Å². The van der Waals surface area contributed by atoms with Crippen molar-refractivity contribution >= 4 is 34.4 Å². The van der Waals surface area contributed by atoms with Crippen LogP contribution in [0.15, 0.2) is 72.9 Å². The van der Waals surface area contributed by atoms with Gasteiger partial charge in [0.05, 0.1) is 29.2 Å². The fourth-order valence-corrected chi connectivity index (χ4v) is 6.42. The van der Waals surface area contributed by atoms with Crippen LogP contribution in [0, 0.1) is 11.3 Å². The molecule has 2 aliphatic rings. The van der Waals surface area contributed by atoms with Gasteiger partial charge in [0.15, 0.2) is 0 Å². The number of halogens is 1. The molecule has 1 heterocycles. The first-order valence-electron chi connectivity index (χ1n) is 12.7. The van der Waals surface area contributed by atoms with Gasteiger partial charge in [0.1, 0.15) is 0 Å². The van der Waals surface area contributed by atoms with Crippen molar-refractivity contribution in [2.24, 2.45) is 11.3 Å². The van der Waals surface area contributed by atoms with Crippen molar-refractivity contribution < 1.29 is 14.7 Å². The molecule has 1 atom stereocenters. The molecule has 188 valence electrons. The molecule has 0 saturated heterocycles. The average molecular weight is 514 g/mol. The van der Waals surface area contributed by atoms with Crippen molar-refractivity contribution in [1.29, 1.82) is 0 Å². The molecule has 4 aromatic rings. The first kappa shape index (κ1) is 23.7. The number of fused-ring (bicyclic) bond motifs is 1. The van der Waals surface area contributed by atoms with Gasteiger partial charge < -0.3 is 10.4 Å². The van der Waals surface area contributed by atoms with E-state index in [0.29, 0.717) is 23.4 Å². The standard InChI is InChI=1S/C30H28ClN3O3/c1-18(19-7-9-21(10-8-19)20-5-3-2-4-6-20)34-27-22(17-32-34)11-24(31)12-26(27)28(35)33-25-15-30(16-25)13-23(14-30)29(36)37/h2-12,17-18,23,25H,13-16H2,1H3,(H,33,35)(H,36,37)/t18-,23?,25?,30?/m0/s1. The Morgan fingerprint density at radius 2 is 1.70 bits per heavy atom. The van der Waals surface area contributed by atoms with Gasteiger partial charge in [0.25, 0.3) is 5.91 Å². The topological polar surface area (TPSA) is 84.2 Å². The van der Waals surface area contributed by atoms with Crippen LogP contribution in [0.25, 0.3) is 22.0 Å². The maximum Gasteiger partial charge on any atom is 0.306 e. The van der Waals surface area contributed by atoms with Crippen LogP contribution in [0.4, 0.5) is 0 Å². The molecule has 1 amide bonds. The SMILES string of the molecule is C[C@@H](c1ccc(-c2ccccc2)cc1)n1ncc2cc(Cl)cc(C(=O)NC3CC4(C3)CC(C(=O)O)C4)c21. The fraction of sp³-hybridized carbons (Fsp3) is 0.300. The van der Waals surface area contributed by atoms with Gasteiger partial charge in [-0.1, -0.05) is 66.2 Å². The van der Waals surface area contributed by atoms with Gasteiger partial charge in [0, 0.05) is 16.5 Å². The Bertz CT molecular complexity index is 1480. The number of amides is 1. The van der Waals surface area contributed by atoms with Gasteiger partial charge in [-0.25, -0.2) is 0 Å². The van der Waals surface area contributed by atoms with Crippen molar-refractivity contribution in [2.75, 3.05) is 0 Å². The molecule has 1 aromatic heterocycles. The molecule has 6 rings (SSSR count). The molecule has 37 heavy (non-hydrogen) atoms. The van der Waals surface area contributed by atoms with Crippen molar-refractivity contribution in [3.8, 4) is 11.1 Å². The lowest BCUT2D eigenvalue weighted by atomic mass is 9.50. The highest BCUT2D eigenvalue weighted by molar-refractivity contribution is 6.32. The summed E-state index contributed by atoms with van der Waals surface area (Å²) in [6.07, 6.45) is 4.84. The Morgan fingerprint density at radius 3 is 2.38 bits per heavy atom. The molecule has 3 aromatic carbocycles. The zero-order valence-electron chi connectivity index (χ0n) is 20.5. The lowest BCUT2D eigenvalue weighted by Crippen LogP contribution is -2.57. The van der Waals surface area contributed by atoms with Crippen LogP contribution in [0.2, 0.25) is 5.02 Å². The summed E-state index contributed by atoms with van der Waals surface area (Å²) in [5.41, 5.74) is 4.75. The molecule has 0 bridgehead atoms. The van der Waals surface area contributed by atoms with E-state index in [9.17, 15) is 14.7 Å². The number of aromatic nitrogens is 2. The third-order valence-electron chi connectivity index (χ3n) is 8.17. The van der Waals surface area contributed by atoms with E-state index in [4.69, 9.17) is 11.6 Å². The second kappa shape index (κ2) is 9.03. The average Bonchev–Trinajstić information content (AvgIpc) is 3.27. The van der Waals surface area contributed by atoms with E-state index in [-0.39, 0.29) is 29.3 Å². The van der Waals surface area contributed by atoms with Crippen molar-refractivity contribution in [1.82, 2.24) is 15.1 Å². The normalized spacial score (nSPS) is 23.3. The number of carbonyl (C=O) groups is 2. The minimum absolute atomic E-state index is 0.0515. The molecule has 2 N–H and O–H groups in total. The monoisotopic (exact) mass is 513 g/mol. The number of aliphatic carboxylic acids is 1. The third-order valence-corrected chi connectivity index (χ3v) is 8.39. The molecule has 2 saturated carbocycles. The largest absolute Gasteiger partial charge is 0.481 e. The molecule has 0 radical (unpaired) electrons. The number of carbonyl (C=O) groups excluding carboxylic acids is 1. The predicted octanol–water partition coefficient (Wildman–Crippen LogP) is 6.34. The van der Waals surface area contributed by atoms with E-state index in [2.05, 4.69) is 53.7 Å². The highest BCUT2D eigenvalue weighted by Gasteiger charge is 2.55. The molecule has 1 spiro atoms. The summed E-state index contributed by atoms with van der Waals surface area (Å²) in [6.45, 7) is 2.07. The Morgan fingerprint density at radius 1 is 1.03 bits per heavy atom. The van der Waals surface area contributed by atoms with Gasteiger partial charge in [-0.2, -0.15) is 5.10 Å². The first-order chi connectivity index (χ1) is 17.8. The quantitative estimate of drug-likeness (QED) is 0.315. The molecule has 0 unspecified atom stereocenters. The van der Waals surface area contributed by atoms with Gasteiger partial charge >= 0.3 is 5.97 Å². The van der Waals surface area contributed by atoms with E-state index in [0.717, 1.165) is 40.4 Å². The number of nitrogens with zero attached hydrogens (tertiary/aromatic N) is 2. The number of nitrogens with one attached hydrogen (secondary N) is 1. The number of carboxylic acid groups (broad SMARTS) is 1. The van der Waals surface area contributed by atoms with Crippen LogP contribution in [-0.2, 0) is 4.79 Å². The number of hydrogen-bond donors (Lipinski definition) is 2. The number of benzene rings is 3. The molecule has 0 aliphatic heterocycles. The molecule has 2 aliphatic carbocycles. The zero-order valence-corrected chi connectivity index (χ0v) is 21.3. The van der Waals surface area contributed by atoms with Crippen LogP contribution >= 0.6 is 11.6 Å². The fourth-order valence-electron chi connectivity index (χ4n) is 6.19. The van der Waals surface area contributed by atoms with E-state index in [1.54, 1.807) is 12.3 Å². The van der Waals surface area contributed by atoms with Crippen LogP contribution < -0.4 is 5.32 Å². The summed E-state index contributed by atoms with van der Waals surface area (Å²) in [6, 6.07) is 22.2. The maximum absolute atomic E-state index is 13.4. The predicted molar refractivity (Wildman–Crippen MR) is 144 cm³/mol. The number of rotatable bonds is 6. The van der Waals surface area contributed by atoms with Gasteiger partial charge in [0.2, 0.25) is 0 Å². The highest BCUT2D eigenvalue weighted by Crippen LogP contribution is 2.58. The summed E-state index contributed by atoms with van der Waals surface area (Å²) in [5.74, 6) is -1.12. The maximum atomic E-state index is 13.4. The summed E-state index contributed by atoms with van der Waals surface area (Å²) in [4.78, 5) is 24.6. The lowest BCUT2D eigenvalue weighted by Gasteiger charge is -2.56. The van der Waals surface area contributed by atoms with E-state index < -0.39 is 5.97 Å². The Hall–Kier alpha value is -3.64. The minimum atomic E-state index is -0.712. The van der Waals surface area contributed by atoms with Crippen molar-refractivity contribution in [3.63, 3.8) is 0 Å². The Kier molecular flexibility index (Phi) is 5.80. The molecule has 7 heteroatoms. The number of carboxylic acids is 1. The van der Waals surface area contributed by atoms with Crippen molar-refractivity contribution in [2.45, 2.75) is 44.7 Å². The van der Waals surface area contributed by atoms with Crippen LogP contribution in [-0.4, -0.2) is 32.8 Å². The van der Waals surface area contributed by atoms with Crippen LogP contribution in [0.3, 0.4) is 0 Å². The van der Waals surface area contributed by atoms with Gasteiger partial charge in [-0.3, -0.25) is 14.3 Å². The van der Waals surface area contributed by atoms with Crippen molar-refractivity contribution in [3.05, 3.63) is 89.1 Å². The molecular formula is C30H28ClN3O3. The minimum Gasteiger partial charge on any atom is -0.481 e. The lowest BCUT2D eigenvalue weighted by molar-refractivity contribution is -0.155. The Labute approximate surface area is 220 Å². The summed E-state index contributed by atoms with van der Waals surface area (Å²) in [7, 11) is 0. The molecule has 6 nitrogen and oxygen atoms in total. The summed E-state index contributed by atoms with van der Waals surface area (Å²) in [5, 5.41) is 18.3. The second-order valence-corrected chi connectivity index (χ2v) is 11.1.